The number of carbonyl (C=O) groups is 1. The van der Waals surface area contributed by atoms with Crippen molar-refractivity contribution in [3.8, 4) is 0 Å². The SMILES string of the molecule is CCN1CCN(c2ccc(CNC(=NC)N3CCCC(CC(N)=O)C3)cc2F)CC1. The number of likely N-dealkylation sites (N-methyl/N-ethyl adjacent to an activating group) is 1. The molecule has 0 aliphatic carbocycles. The molecule has 2 heterocycles. The Balaban J connectivity index is 1.56. The molecule has 166 valence electrons. The molecule has 0 aromatic heterocycles. The number of piperidine rings is 1. The lowest BCUT2D eigenvalue weighted by molar-refractivity contribution is -0.119. The highest BCUT2D eigenvalue weighted by atomic mass is 19.1. The summed E-state index contributed by atoms with van der Waals surface area (Å²) in [5.41, 5.74) is 6.93. The summed E-state index contributed by atoms with van der Waals surface area (Å²) in [5.74, 6) is 0.620. The van der Waals surface area contributed by atoms with Gasteiger partial charge in [-0.2, -0.15) is 0 Å². The van der Waals surface area contributed by atoms with Crippen LogP contribution < -0.4 is 16.0 Å². The second-order valence-corrected chi connectivity index (χ2v) is 8.23. The first kappa shape index (κ1) is 22.3. The molecule has 1 aromatic carbocycles. The maximum atomic E-state index is 14.8. The summed E-state index contributed by atoms with van der Waals surface area (Å²) in [5, 5.41) is 3.34. The largest absolute Gasteiger partial charge is 0.370 e. The molecule has 7 nitrogen and oxygen atoms in total. The molecule has 30 heavy (non-hydrogen) atoms. The summed E-state index contributed by atoms with van der Waals surface area (Å²) in [7, 11) is 1.75. The van der Waals surface area contributed by atoms with E-state index >= 15 is 0 Å². The van der Waals surface area contributed by atoms with E-state index in [0.717, 1.165) is 70.2 Å². The quantitative estimate of drug-likeness (QED) is 0.542. The van der Waals surface area contributed by atoms with Crippen LogP contribution in [0.2, 0.25) is 0 Å². The third kappa shape index (κ3) is 5.84. The fourth-order valence-corrected chi connectivity index (χ4v) is 4.44. The topological polar surface area (TPSA) is 77.2 Å². The summed E-state index contributed by atoms with van der Waals surface area (Å²) >= 11 is 0. The molecule has 2 fully saturated rings. The molecular formula is C22H35FN6O. The molecular weight excluding hydrogens is 383 g/mol. The molecule has 0 bridgehead atoms. The van der Waals surface area contributed by atoms with E-state index in [1.54, 1.807) is 13.1 Å². The lowest BCUT2D eigenvalue weighted by Gasteiger charge is -2.35. The second kappa shape index (κ2) is 10.6. The van der Waals surface area contributed by atoms with Crippen molar-refractivity contribution in [3.05, 3.63) is 29.6 Å². The van der Waals surface area contributed by atoms with E-state index in [-0.39, 0.29) is 17.6 Å². The van der Waals surface area contributed by atoms with Crippen LogP contribution >= 0.6 is 0 Å². The lowest BCUT2D eigenvalue weighted by Crippen LogP contribution is -2.47. The van der Waals surface area contributed by atoms with Gasteiger partial charge < -0.3 is 25.8 Å². The van der Waals surface area contributed by atoms with Gasteiger partial charge in [-0.3, -0.25) is 9.79 Å². The van der Waals surface area contributed by atoms with Crippen molar-refractivity contribution < 1.29 is 9.18 Å². The average molecular weight is 419 g/mol. The summed E-state index contributed by atoms with van der Waals surface area (Å²) in [4.78, 5) is 22.3. The lowest BCUT2D eigenvalue weighted by atomic mass is 9.95. The number of nitrogens with two attached hydrogens (primary N) is 1. The van der Waals surface area contributed by atoms with Crippen LogP contribution in [0, 0.1) is 11.7 Å². The molecule has 3 N–H and O–H groups in total. The monoisotopic (exact) mass is 418 g/mol. The third-order valence-corrected chi connectivity index (χ3v) is 6.14. The van der Waals surface area contributed by atoms with Gasteiger partial charge in [0.1, 0.15) is 5.82 Å². The number of rotatable bonds is 6. The van der Waals surface area contributed by atoms with Crippen LogP contribution in [0.15, 0.2) is 23.2 Å². The van der Waals surface area contributed by atoms with Crippen LogP contribution in [0.4, 0.5) is 10.1 Å². The number of nitrogens with one attached hydrogen (secondary N) is 1. The first-order valence-electron chi connectivity index (χ1n) is 11.0. The van der Waals surface area contributed by atoms with Gasteiger partial charge in [-0.1, -0.05) is 13.0 Å². The molecule has 2 aliphatic rings. The van der Waals surface area contributed by atoms with Crippen molar-refractivity contribution in [2.24, 2.45) is 16.6 Å². The Morgan fingerprint density at radius 1 is 1.27 bits per heavy atom. The number of amides is 1. The number of hydrogen-bond donors (Lipinski definition) is 2. The van der Waals surface area contributed by atoms with Gasteiger partial charge in [-0.05, 0) is 43.0 Å². The molecule has 3 rings (SSSR count). The van der Waals surface area contributed by atoms with Gasteiger partial charge in [-0.25, -0.2) is 4.39 Å². The van der Waals surface area contributed by atoms with Crippen LogP contribution in [0.25, 0.3) is 0 Å². The minimum absolute atomic E-state index is 0.172. The number of anilines is 1. The molecule has 1 amide bonds. The van der Waals surface area contributed by atoms with Gasteiger partial charge in [0.15, 0.2) is 5.96 Å². The summed E-state index contributed by atoms with van der Waals surface area (Å²) in [6, 6.07) is 5.49. The number of nitrogens with zero attached hydrogens (tertiary/aromatic N) is 4. The molecule has 8 heteroatoms. The van der Waals surface area contributed by atoms with Crippen molar-refractivity contribution in [1.29, 1.82) is 0 Å². The van der Waals surface area contributed by atoms with Gasteiger partial charge in [0.25, 0.3) is 0 Å². The Kier molecular flexibility index (Phi) is 7.90. The summed E-state index contributed by atoms with van der Waals surface area (Å²) in [6.07, 6.45) is 2.43. The minimum atomic E-state index is -0.253. The highest BCUT2D eigenvalue weighted by Crippen LogP contribution is 2.23. The highest BCUT2D eigenvalue weighted by Gasteiger charge is 2.24. The van der Waals surface area contributed by atoms with E-state index in [4.69, 9.17) is 5.73 Å². The molecule has 1 atom stereocenters. The van der Waals surface area contributed by atoms with Crippen LogP contribution in [0.5, 0.6) is 0 Å². The normalized spacial score (nSPS) is 21.0. The fraction of sp³-hybridized carbons (Fsp3) is 0.636. The number of benzene rings is 1. The maximum Gasteiger partial charge on any atom is 0.217 e. The van der Waals surface area contributed by atoms with Crippen LogP contribution in [0.3, 0.4) is 0 Å². The standard InChI is InChI=1S/C22H35FN6O/c1-3-27-9-11-28(12-10-27)20-7-6-17(13-19(20)23)15-26-22(25-2)29-8-4-5-18(16-29)14-21(24)30/h6-7,13,18H,3-5,8-12,14-16H2,1-2H3,(H2,24,30)(H,25,26). The predicted octanol–water partition coefficient (Wildman–Crippen LogP) is 1.63. The van der Waals surface area contributed by atoms with Crippen LogP contribution in [-0.2, 0) is 11.3 Å². The van der Waals surface area contributed by atoms with Gasteiger partial charge in [0, 0.05) is 59.3 Å². The number of primary amides is 1. The first-order valence-corrected chi connectivity index (χ1v) is 11.0. The predicted molar refractivity (Wildman–Crippen MR) is 119 cm³/mol. The number of hydrogen-bond acceptors (Lipinski definition) is 4. The zero-order chi connectivity index (χ0) is 21.5. The number of likely N-dealkylation sites (tertiary alicyclic amines) is 1. The van der Waals surface area contributed by atoms with Gasteiger partial charge in [0.05, 0.1) is 5.69 Å². The van der Waals surface area contributed by atoms with E-state index in [1.165, 1.54) is 0 Å². The Labute approximate surface area is 179 Å². The van der Waals surface area contributed by atoms with E-state index in [2.05, 4.69) is 31.9 Å². The molecule has 0 radical (unpaired) electrons. The van der Waals surface area contributed by atoms with Crippen molar-refractivity contribution in [2.75, 3.05) is 57.8 Å². The zero-order valence-electron chi connectivity index (χ0n) is 18.2. The van der Waals surface area contributed by atoms with Crippen LogP contribution in [-0.4, -0.2) is 74.5 Å². The third-order valence-electron chi connectivity index (χ3n) is 6.14. The Morgan fingerprint density at radius 3 is 2.67 bits per heavy atom. The smallest absolute Gasteiger partial charge is 0.217 e. The molecule has 1 aromatic rings. The van der Waals surface area contributed by atoms with Gasteiger partial charge in [-0.15, -0.1) is 0 Å². The van der Waals surface area contributed by atoms with E-state index in [9.17, 15) is 9.18 Å². The van der Waals surface area contributed by atoms with Crippen molar-refractivity contribution in [3.63, 3.8) is 0 Å². The number of guanidine groups is 1. The summed E-state index contributed by atoms with van der Waals surface area (Å²) in [6.45, 7) is 9.03. The van der Waals surface area contributed by atoms with Crippen molar-refractivity contribution in [2.45, 2.75) is 32.7 Å². The minimum Gasteiger partial charge on any atom is -0.370 e. The Morgan fingerprint density at radius 2 is 2.03 bits per heavy atom. The van der Waals surface area contributed by atoms with E-state index in [0.29, 0.717) is 18.7 Å². The van der Waals surface area contributed by atoms with E-state index in [1.807, 2.05) is 12.1 Å². The molecule has 1 unspecified atom stereocenters. The second-order valence-electron chi connectivity index (χ2n) is 8.23. The van der Waals surface area contributed by atoms with Crippen LogP contribution in [0.1, 0.15) is 31.7 Å². The first-order chi connectivity index (χ1) is 14.5. The molecule has 2 saturated heterocycles. The van der Waals surface area contributed by atoms with E-state index < -0.39 is 0 Å². The maximum absolute atomic E-state index is 14.8. The number of halogens is 1. The Bertz CT molecular complexity index is 747. The number of aliphatic imine (C=N–C) groups is 1. The fourth-order valence-electron chi connectivity index (χ4n) is 4.44. The number of carbonyl (C=O) groups excluding carboxylic acids is 1. The van der Waals surface area contributed by atoms with Crippen molar-refractivity contribution in [1.82, 2.24) is 15.1 Å². The average Bonchev–Trinajstić information content (AvgIpc) is 2.74. The molecule has 2 aliphatic heterocycles. The highest BCUT2D eigenvalue weighted by molar-refractivity contribution is 5.80. The summed E-state index contributed by atoms with van der Waals surface area (Å²) < 4.78 is 14.8. The van der Waals surface area contributed by atoms with Gasteiger partial charge in [0.2, 0.25) is 5.91 Å². The Hall–Kier alpha value is -2.35. The van der Waals surface area contributed by atoms with Gasteiger partial charge >= 0.3 is 0 Å². The molecule has 0 saturated carbocycles. The molecule has 0 spiro atoms. The number of piperazine rings is 1. The van der Waals surface area contributed by atoms with Crippen molar-refractivity contribution >= 4 is 17.6 Å². The zero-order valence-corrected chi connectivity index (χ0v) is 18.2.